The van der Waals surface area contributed by atoms with Crippen LogP contribution >= 0.6 is 11.3 Å². The minimum atomic E-state index is -0.778. The van der Waals surface area contributed by atoms with Gasteiger partial charge in [0, 0.05) is 16.6 Å². The number of hydrogen-bond acceptors (Lipinski definition) is 6. The third-order valence-electron chi connectivity index (χ3n) is 6.25. The number of carbonyl (C=O) groups excluding carboxylic acids is 2. The van der Waals surface area contributed by atoms with E-state index >= 15 is 0 Å². The van der Waals surface area contributed by atoms with Crippen LogP contribution in [0.3, 0.4) is 0 Å². The molecule has 2 aromatic heterocycles. The lowest BCUT2D eigenvalue weighted by Crippen LogP contribution is -2.33. The number of amides is 1. The van der Waals surface area contributed by atoms with Gasteiger partial charge in [0.25, 0.3) is 5.56 Å². The van der Waals surface area contributed by atoms with E-state index in [0.29, 0.717) is 27.9 Å². The van der Waals surface area contributed by atoms with Crippen molar-refractivity contribution < 1.29 is 14.3 Å². The predicted octanol–water partition coefficient (Wildman–Crippen LogP) is 6.04. The van der Waals surface area contributed by atoms with Crippen LogP contribution < -0.4 is 10.9 Å². The van der Waals surface area contributed by atoms with Gasteiger partial charge in [0.1, 0.15) is 10.9 Å². The van der Waals surface area contributed by atoms with Gasteiger partial charge in [-0.15, -0.1) is 11.3 Å². The molecular formula is C29H25N3O4S. The van der Waals surface area contributed by atoms with E-state index in [9.17, 15) is 14.4 Å². The van der Waals surface area contributed by atoms with Crippen LogP contribution in [0.15, 0.2) is 83.2 Å². The van der Waals surface area contributed by atoms with Crippen molar-refractivity contribution in [1.29, 1.82) is 0 Å². The van der Waals surface area contributed by atoms with Gasteiger partial charge >= 0.3 is 5.97 Å². The second-order valence-electron chi connectivity index (χ2n) is 8.56. The summed E-state index contributed by atoms with van der Waals surface area (Å²) in [6.07, 6.45) is 1.82. The third-order valence-corrected chi connectivity index (χ3v) is 7.13. The lowest BCUT2D eigenvalue weighted by Gasteiger charge is -2.18. The monoisotopic (exact) mass is 511 g/mol. The lowest BCUT2D eigenvalue weighted by molar-refractivity contribution is -0.119. The van der Waals surface area contributed by atoms with Crippen molar-refractivity contribution in [2.45, 2.75) is 26.3 Å². The fraction of sp³-hybridized carbons (Fsp3) is 0.172. The number of esters is 1. The number of fused-ring (bicyclic) bond motifs is 2. The molecule has 0 saturated heterocycles. The van der Waals surface area contributed by atoms with Gasteiger partial charge in [0.2, 0.25) is 5.91 Å². The Balaban J connectivity index is 1.49. The summed E-state index contributed by atoms with van der Waals surface area (Å²) in [4.78, 5) is 44.2. The first-order valence-corrected chi connectivity index (χ1v) is 12.9. The second-order valence-corrected chi connectivity index (χ2v) is 9.42. The van der Waals surface area contributed by atoms with Crippen LogP contribution in [0, 0.1) is 0 Å². The molecule has 37 heavy (non-hydrogen) atoms. The maximum atomic E-state index is 13.7. The smallest absolute Gasteiger partial charge is 0.338 e. The number of aromatic nitrogens is 2. The molecule has 0 spiro atoms. The van der Waals surface area contributed by atoms with Crippen molar-refractivity contribution in [2.24, 2.45) is 0 Å². The molecule has 0 fully saturated rings. The summed E-state index contributed by atoms with van der Waals surface area (Å²) in [6, 6.07) is 19.9. The molecule has 0 aliphatic rings. The Morgan fingerprint density at radius 1 is 1.03 bits per heavy atom. The SMILES string of the molecule is CCOC(=O)c1cccc(NC(=O)C(CC)n2cnc3scc(-c4ccc5ccccc5c4)c3c2=O)c1. The molecule has 5 aromatic rings. The van der Waals surface area contributed by atoms with E-state index in [0.717, 1.165) is 21.9 Å². The normalized spacial score (nSPS) is 11.9. The Labute approximate surface area is 217 Å². The van der Waals surface area contributed by atoms with E-state index in [2.05, 4.69) is 16.4 Å². The zero-order valence-corrected chi connectivity index (χ0v) is 21.2. The van der Waals surface area contributed by atoms with Gasteiger partial charge in [-0.05, 0) is 53.9 Å². The van der Waals surface area contributed by atoms with Gasteiger partial charge in [-0.25, -0.2) is 9.78 Å². The maximum absolute atomic E-state index is 13.7. The van der Waals surface area contributed by atoms with Crippen LogP contribution in [-0.4, -0.2) is 28.0 Å². The highest BCUT2D eigenvalue weighted by atomic mass is 32.1. The number of anilines is 1. The van der Waals surface area contributed by atoms with Crippen molar-refractivity contribution in [3.63, 3.8) is 0 Å². The largest absolute Gasteiger partial charge is 0.462 e. The molecule has 186 valence electrons. The third kappa shape index (κ3) is 4.75. The quantitative estimate of drug-likeness (QED) is 0.269. The number of thiophene rings is 1. The Morgan fingerprint density at radius 3 is 2.62 bits per heavy atom. The number of rotatable bonds is 7. The summed E-state index contributed by atoms with van der Waals surface area (Å²) in [7, 11) is 0. The van der Waals surface area contributed by atoms with Crippen molar-refractivity contribution in [2.75, 3.05) is 11.9 Å². The lowest BCUT2D eigenvalue weighted by atomic mass is 10.0. The van der Waals surface area contributed by atoms with E-state index in [1.54, 1.807) is 31.2 Å². The minimum absolute atomic E-state index is 0.259. The molecule has 3 aromatic carbocycles. The molecule has 5 rings (SSSR count). The summed E-state index contributed by atoms with van der Waals surface area (Å²) in [5, 5.41) is 7.48. The van der Waals surface area contributed by atoms with Gasteiger partial charge in [0.05, 0.1) is 23.9 Å². The number of ether oxygens (including phenoxy) is 1. The first-order valence-electron chi connectivity index (χ1n) is 12.1. The standard InChI is InChI=1S/C29H25N3O4S/c1-3-24(26(33)31-22-11-7-10-21(15-22)29(35)36-4-2)32-17-30-27-25(28(32)34)23(16-37-27)20-13-12-18-8-5-6-9-19(18)14-20/h5-17,24H,3-4H2,1-2H3,(H,31,33). The Hall–Kier alpha value is -4.30. The molecule has 1 N–H and O–H groups in total. The molecule has 8 heteroatoms. The highest BCUT2D eigenvalue weighted by Crippen LogP contribution is 2.33. The number of nitrogens with one attached hydrogen (secondary N) is 1. The van der Waals surface area contributed by atoms with Crippen molar-refractivity contribution >= 4 is 49.9 Å². The molecule has 0 saturated carbocycles. The second kappa shape index (κ2) is 10.4. The van der Waals surface area contributed by atoms with Crippen LogP contribution in [0.25, 0.3) is 32.1 Å². The average Bonchev–Trinajstić information content (AvgIpc) is 3.35. The Morgan fingerprint density at radius 2 is 1.84 bits per heavy atom. The molecule has 1 unspecified atom stereocenters. The van der Waals surface area contributed by atoms with Crippen LogP contribution in [-0.2, 0) is 9.53 Å². The predicted molar refractivity (Wildman–Crippen MR) is 147 cm³/mol. The van der Waals surface area contributed by atoms with Gasteiger partial charge in [0.15, 0.2) is 0 Å². The van der Waals surface area contributed by atoms with E-state index in [1.807, 2.05) is 48.7 Å². The number of hydrogen-bond donors (Lipinski definition) is 1. The van der Waals surface area contributed by atoms with Crippen LogP contribution in [0.4, 0.5) is 5.69 Å². The number of nitrogens with zero attached hydrogens (tertiary/aromatic N) is 2. The first-order chi connectivity index (χ1) is 18.0. The summed E-state index contributed by atoms with van der Waals surface area (Å²) in [6.45, 7) is 3.83. The van der Waals surface area contributed by atoms with Gasteiger partial charge in [-0.3, -0.25) is 14.2 Å². The van der Waals surface area contributed by atoms with Gasteiger partial charge in [-0.1, -0.05) is 49.4 Å². The highest BCUT2D eigenvalue weighted by Gasteiger charge is 2.23. The van der Waals surface area contributed by atoms with E-state index in [-0.39, 0.29) is 18.1 Å². The fourth-order valence-electron chi connectivity index (χ4n) is 4.41. The van der Waals surface area contributed by atoms with E-state index in [1.165, 1.54) is 22.2 Å². The van der Waals surface area contributed by atoms with Crippen LogP contribution in [0.5, 0.6) is 0 Å². The average molecular weight is 512 g/mol. The number of benzene rings is 3. The molecule has 0 radical (unpaired) electrons. The zero-order valence-electron chi connectivity index (χ0n) is 20.4. The van der Waals surface area contributed by atoms with E-state index < -0.39 is 12.0 Å². The van der Waals surface area contributed by atoms with Crippen LogP contribution in [0.2, 0.25) is 0 Å². The minimum Gasteiger partial charge on any atom is -0.462 e. The Bertz CT molecular complexity index is 1690. The summed E-state index contributed by atoms with van der Waals surface area (Å²) in [5.41, 5.74) is 2.25. The maximum Gasteiger partial charge on any atom is 0.338 e. The summed E-state index contributed by atoms with van der Waals surface area (Å²) >= 11 is 1.41. The van der Waals surface area contributed by atoms with Crippen molar-refractivity contribution in [3.05, 3.63) is 94.4 Å². The molecule has 0 aliphatic carbocycles. The molecular weight excluding hydrogens is 486 g/mol. The molecule has 1 atom stereocenters. The van der Waals surface area contributed by atoms with Crippen molar-refractivity contribution in [1.82, 2.24) is 9.55 Å². The molecule has 0 bridgehead atoms. The van der Waals surface area contributed by atoms with Crippen LogP contribution in [0.1, 0.15) is 36.7 Å². The van der Waals surface area contributed by atoms with Gasteiger partial charge in [-0.2, -0.15) is 0 Å². The highest BCUT2D eigenvalue weighted by molar-refractivity contribution is 7.17. The molecule has 7 nitrogen and oxygen atoms in total. The summed E-state index contributed by atoms with van der Waals surface area (Å²) < 4.78 is 6.43. The fourth-order valence-corrected chi connectivity index (χ4v) is 5.32. The zero-order chi connectivity index (χ0) is 25.9. The molecule has 2 heterocycles. The topological polar surface area (TPSA) is 90.3 Å². The molecule has 0 aliphatic heterocycles. The number of carbonyl (C=O) groups is 2. The Kier molecular flexibility index (Phi) is 6.83. The summed E-state index contributed by atoms with van der Waals surface area (Å²) in [5.74, 6) is -0.829. The van der Waals surface area contributed by atoms with Gasteiger partial charge < -0.3 is 10.1 Å². The van der Waals surface area contributed by atoms with E-state index in [4.69, 9.17) is 4.74 Å². The molecule has 1 amide bonds. The van der Waals surface area contributed by atoms with Crippen molar-refractivity contribution in [3.8, 4) is 11.1 Å². The first kappa shape index (κ1) is 24.4.